The van der Waals surface area contributed by atoms with Crippen LogP contribution < -0.4 is 16.0 Å². The molecule has 1 aliphatic heterocycles. The summed E-state index contributed by atoms with van der Waals surface area (Å²) in [5, 5.41) is 3.69. The van der Waals surface area contributed by atoms with Crippen molar-refractivity contribution in [2.75, 3.05) is 48.7 Å². The highest BCUT2D eigenvalue weighted by Crippen LogP contribution is 2.42. The van der Waals surface area contributed by atoms with E-state index in [-0.39, 0.29) is 0 Å². The molecule has 0 radical (unpaired) electrons. The highest BCUT2D eigenvalue weighted by molar-refractivity contribution is 5.80. The maximum absolute atomic E-state index is 6.30. The molecule has 0 saturated carbocycles. The minimum atomic E-state index is 0.441. The number of fused-ring (bicyclic) bond motifs is 1. The molecule has 3 N–H and O–H groups in total. The van der Waals surface area contributed by atoms with E-state index in [2.05, 4.69) is 54.9 Å². The number of hydrogen-bond acceptors (Lipinski definition) is 4. The first-order valence-corrected chi connectivity index (χ1v) is 9.82. The van der Waals surface area contributed by atoms with Crippen LogP contribution in [0, 0.1) is 0 Å². The Morgan fingerprint density at radius 3 is 2.21 bits per heavy atom. The molecule has 24 heavy (non-hydrogen) atoms. The molecule has 1 heterocycles. The van der Waals surface area contributed by atoms with Crippen molar-refractivity contribution >= 4 is 17.1 Å². The zero-order valence-corrected chi connectivity index (χ0v) is 16.1. The molecule has 0 aliphatic carbocycles. The number of nitrogens with zero attached hydrogens (tertiary/aromatic N) is 2. The molecule has 0 spiro atoms. The molecule has 2 rings (SSSR count). The zero-order chi connectivity index (χ0) is 17.5. The van der Waals surface area contributed by atoms with Crippen LogP contribution >= 0.6 is 0 Å². The van der Waals surface area contributed by atoms with E-state index in [1.54, 1.807) is 0 Å². The lowest BCUT2D eigenvalue weighted by atomic mass is 10.0. The number of rotatable bonds is 10. The Morgan fingerprint density at radius 1 is 1.04 bits per heavy atom. The van der Waals surface area contributed by atoms with Crippen molar-refractivity contribution in [3.8, 4) is 0 Å². The predicted octanol–water partition coefficient (Wildman–Crippen LogP) is 4.48. The summed E-state index contributed by atoms with van der Waals surface area (Å²) in [6, 6.07) is 4.79. The second-order valence-electron chi connectivity index (χ2n) is 6.82. The molecule has 1 aromatic rings. The lowest BCUT2D eigenvalue weighted by Gasteiger charge is -2.29. The van der Waals surface area contributed by atoms with E-state index in [0.29, 0.717) is 6.04 Å². The molecule has 4 nitrogen and oxygen atoms in total. The van der Waals surface area contributed by atoms with Crippen molar-refractivity contribution in [3.63, 3.8) is 0 Å². The number of nitrogens with one attached hydrogen (secondary N) is 1. The fraction of sp³-hybridized carbons (Fsp3) is 0.700. The van der Waals surface area contributed by atoms with Crippen LogP contribution in [0.2, 0.25) is 0 Å². The number of hydrogen-bond donors (Lipinski definition) is 2. The van der Waals surface area contributed by atoms with Crippen LogP contribution in [0.3, 0.4) is 0 Å². The van der Waals surface area contributed by atoms with Crippen LogP contribution in [0.4, 0.5) is 17.1 Å². The van der Waals surface area contributed by atoms with Gasteiger partial charge in [-0.2, -0.15) is 0 Å². The molecule has 1 aromatic carbocycles. The first-order valence-electron chi connectivity index (χ1n) is 9.82. The van der Waals surface area contributed by atoms with Crippen molar-refractivity contribution in [1.82, 2.24) is 4.90 Å². The molecule has 4 heteroatoms. The topological polar surface area (TPSA) is 44.5 Å². The zero-order valence-electron chi connectivity index (χ0n) is 16.1. The lowest BCUT2D eigenvalue weighted by molar-refractivity contribution is 0.234. The van der Waals surface area contributed by atoms with Crippen LogP contribution in [0.25, 0.3) is 0 Å². The normalized spacial score (nSPS) is 16.3. The number of nitrogen functional groups attached to an aromatic ring is 1. The number of benzene rings is 1. The Labute approximate surface area is 148 Å². The van der Waals surface area contributed by atoms with Crippen LogP contribution in [-0.4, -0.2) is 37.6 Å². The molecular weight excluding hydrogens is 296 g/mol. The third-order valence-corrected chi connectivity index (χ3v) is 5.16. The monoisotopic (exact) mass is 332 g/mol. The highest BCUT2D eigenvalue weighted by Gasteiger charge is 2.29. The van der Waals surface area contributed by atoms with Gasteiger partial charge in [0.15, 0.2) is 0 Å². The minimum Gasteiger partial charge on any atom is -0.399 e. The van der Waals surface area contributed by atoms with Crippen LogP contribution in [0.15, 0.2) is 12.1 Å². The van der Waals surface area contributed by atoms with Gasteiger partial charge in [-0.15, -0.1) is 0 Å². The van der Waals surface area contributed by atoms with E-state index in [9.17, 15) is 0 Å². The van der Waals surface area contributed by atoms with Gasteiger partial charge in [-0.1, -0.05) is 40.5 Å². The second kappa shape index (κ2) is 9.16. The molecule has 1 aliphatic rings. The Hall–Kier alpha value is -1.42. The quantitative estimate of drug-likeness (QED) is 0.620. The van der Waals surface area contributed by atoms with E-state index in [4.69, 9.17) is 5.73 Å². The molecule has 136 valence electrons. The smallest absolute Gasteiger partial charge is 0.0629 e. The fourth-order valence-electron chi connectivity index (χ4n) is 3.73. The summed E-state index contributed by atoms with van der Waals surface area (Å²) >= 11 is 0. The van der Waals surface area contributed by atoms with Gasteiger partial charge in [-0.25, -0.2) is 0 Å². The van der Waals surface area contributed by atoms with E-state index in [1.165, 1.54) is 42.6 Å². The molecule has 0 saturated heterocycles. The van der Waals surface area contributed by atoms with Crippen LogP contribution in [-0.2, 0) is 0 Å². The van der Waals surface area contributed by atoms with Gasteiger partial charge in [-0.05, 0) is 43.6 Å². The third-order valence-electron chi connectivity index (χ3n) is 5.16. The first kappa shape index (κ1) is 18.9. The summed E-state index contributed by atoms with van der Waals surface area (Å²) in [6.07, 6.45) is 4.91. The van der Waals surface area contributed by atoms with Gasteiger partial charge in [0.2, 0.25) is 0 Å². The summed E-state index contributed by atoms with van der Waals surface area (Å²) in [6.45, 7) is 14.4. The van der Waals surface area contributed by atoms with E-state index in [0.717, 1.165) is 38.4 Å². The summed E-state index contributed by atoms with van der Waals surface area (Å²) in [7, 11) is 0. The predicted molar refractivity (Wildman–Crippen MR) is 107 cm³/mol. The summed E-state index contributed by atoms with van der Waals surface area (Å²) in [5.74, 6) is 0. The number of unbranched alkanes of at least 4 members (excludes halogenated alkanes) is 2. The Kier molecular flexibility index (Phi) is 7.22. The number of anilines is 3. The standard InChI is InChI=1S/C20H36N4/c1-5-9-11-24(12-10-6-2)18-14-16(21)13-17-19(15-22-20(17)18)23(7-3)8-4/h13-14,19,22H,5-12,15,21H2,1-4H3. The van der Waals surface area contributed by atoms with Gasteiger partial charge in [0.05, 0.1) is 17.4 Å². The number of nitrogens with two attached hydrogens (primary N) is 1. The summed E-state index contributed by atoms with van der Waals surface area (Å²) < 4.78 is 0. The van der Waals surface area contributed by atoms with Crippen molar-refractivity contribution in [1.29, 1.82) is 0 Å². The lowest BCUT2D eigenvalue weighted by Crippen LogP contribution is -2.29. The summed E-state index contributed by atoms with van der Waals surface area (Å²) in [4.78, 5) is 5.06. The number of likely N-dealkylation sites (N-methyl/N-ethyl adjacent to an activating group) is 1. The van der Waals surface area contributed by atoms with E-state index < -0.39 is 0 Å². The maximum Gasteiger partial charge on any atom is 0.0629 e. The van der Waals surface area contributed by atoms with Crippen molar-refractivity contribution in [2.45, 2.75) is 59.4 Å². The second-order valence-corrected chi connectivity index (χ2v) is 6.82. The molecule has 1 atom stereocenters. The average molecular weight is 333 g/mol. The van der Waals surface area contributed by atoms with Gasteiger partial charge in [-0.3, -0.25) is 4.90 Å². The third kappa shape index (κ3) is 4.15. The molecule has 0 fully saturated rings. The van der Waals surface area contributed by atoms with Crippen molar-refractivity contribution < 1.29 is 0 Å². The molecule has 1 unspecified atom stereocenters. The highest BCUT2D eigenvalue weighted by atomic mass is 15.2. The van der Waals surface area contributed by atoms with Crippen molar-refractivity contribution in [2.24, 2.45) is 0 Å². The van der Waals surface area contributed by atoms with Gasteiger partial charge < -0.3 is 16.0 Å². The van der Waals surface area contributed by atoms with Gasteiger partial charge in [0.25, 0.3) is 0 Å². The van der Waals surface area contributed by atoms with Crippen molar-refractivity contribution in [3.05, 3.63) is 17.7 Å². The fourth-order valence-corrected chi connectivity index (χ4v) is 3.73. The SMILES string of the molecule is CCCCN(CCCC)c1cc(N)cc2c1NCC2N(CC)CC. The van der Waals surface area contributed by atoms with Crippen LogP contribution in [0.1, 0.15) is 65.0 Å². The first-order chi connectivity index (χ1) is 11.7. The molecule has 0 amide bonds. The van der Waals surface area contributed by atoms with Gasteiger partial charge >= 0.3 is 0 Å². The largest absolute Gasteiger partial charge is 0.399 e. The van der Waals surface area contributed by atoms with Gasteiger partial charge in [0.1, 0.15) is 0 Å². The molecule has 0 aromatic heterocycles. The molecule has 0 bridgehead atoms. The molecular formula is C20H36N4. The van der Waals surface area contributed by atoms with Crippen LogP contribution in [0.5, 0.6) is 0 Å². The van der Waals surface area contributed by atoms with Gasteiger partial charge in [0, 0.05) is 25.3 Å². The minimum absolute atomic E-state index is 0.441. The Morgan fingerprint density at radius 2 is 1.67 bits per heavy atom. The summed E-state index contributed by atoms with van der Waals surface area (Å²) in [5.41, 5.74) is 11.2. The van der Waals surface area contributed by atoms with E-state index >= 15 is 0 Å². The Bertz CT molecular complexity index is 503. The Balaban J connectivity index is 2.35. The van der Waals surface area contributed by atoms with E-state index in [1.807, 2.05) is 0 Å². The maximum atomic E-state index is 6.30. The average Bonchev–Trinajstić information content (AvgIpc) is 2.99.